The topological polar surface area (TPSA) is 108 Å². The Morgan fingerprint density at radius 2 is 1.84 bits per heavy atom. The summed E-state index contributed by atoms with van der Waals surface area (Å²) >= 11 is 1.05. The number of methoxy groups -OCH3 is 1. The van der Waals surface area contributed by atoms with Crippen LogP contribution in [0.25, 0.3) is 0 Å². The van der Waals surface area contributed by atoms with Crippen molar-refractivity contribution in [1.29, 1.82) is 5.26 Å². The van der Waals surface area contributed by atoms with Crippen molar-refractivity contribution >= 4 is 35.2 Å². The van der Waals surface area contributed by atoms with Gasteiger partial charge in [0.2, 0.25) is 11.8 Å². The van der Waals surface area contributed by atoms with Crippen LogP contribution >= 0.6 is 11.8 Å². The highest BCUT2D eigenvalue weighted by atomic mass is 32.2. The SMILES string of the molecule is COC(=O)[C@@H]1C(=O)NC(SCC(=O)Nc2ccc(C)cc2)=C(C#N)[C@H]1c1ccccc1. The molecule has 2 aromatic rings. The Balaban J connectivity index is 1.85. The first-order valence-electron chi connectivity index (χ1n) is 9.51. The van der Waals surface area contributed by atoms with E-state index in [-0.39, 0.29) is 22.3 Å². The molecule has 3 rings (SSSR count). The van der Waals surface area contributed by atoms with Crippen molar-refractivity contribution < 1.29 is 19.1 Å². The van der Waals surface area contributed by atoms with Gasteiger partial charge in [-0.2, -0.15) is 5.26 Å². The fourth-order valence-electron chi connectivity index (χ4n) is 3.31. The molecule has 1 aliphatic heterocycles. The monoisotopic (exact) mass is 435 g/mol. The smallest absolute Gasteiger partial charge is 0.319 e. The van der Waals surface area contributed by atoms with Crippen LogP contribution in [0.2, 0.25) is 0 Å². The molecule has 31 heavy (non-hydrogen) atoms. The number of anilines is 1. The lowest BCUT2D eigenvalue weighted by molar-refractivity contribution is -0.150. The van der Waals surface area contributed by atoms with Gasteiger partial charge in [-0.3, -0.25) is 14.4 Å². The second kappa shape index (κ2) is 9.96. The summed E-state index contributed by atoms with van der Waals surface area (Å²) in [5, 5.41) is 15.5. The van der Waals surface area contributed by atoms with E-state index >= 15 is 0 Å². The van der Waals surface area contributed by atoms with E-state index in [0.29, 0.717) is 11.3 Å². The van der Waals surface area contributed by atoms with E-state index in [1.54, 1.807) is 42.5 Å². The highest BCUT2D eigenvalue weighted by Gasteiger charge is 2.44. The first kappa shape index (κ1) is 22.1. The van der Waals surface area contributed by atoms with Gasteiger partial charge in [-0.25, -0.2) is 0 Å². The van der Waals surface area contributed by atoms with Crippen molar-refractivity contribution in [3.8, 4) is 6.07 Å². The summed E-state index contributed by atoms with van der Waals surface area (Å²) in [6, 6.07) is 18.3. The molecule has 2 amide bonds. The Morgan fingerprint density at radius 1 is 1.16 bits per heavy atom. The largest absolute Gasteiger partial charge is 0.468 e. The minimum Gasteiger partial charge on any atom is -0.468 e. The Labute approximate surface area is 184 Å². The van der Waals surface area contributed by atoms with E-state index in [9.17, 15) is 19.6 Å². The van der Waals surface area contributed by atoms with Gasteiger partial charge in [-0.1, -0.05) is 59.8 Å². The average molecular weight is 436 g/mol. The molecule has 1 aliphatic rings. The number of nitrogens with one attached hydrogen (secondary N) is 2. The van der Waals surface area contributed by atoms with Gasteiger partial charge in [0.15, 0.2) is 0 Å². The lowest BCUT2D eigenvalue weighted by atomic mass is 9.78. The molecule has 0 aliphatic carbocycles. The average Bonchev–Trinajstić information content (AvgIpc) is 2.78. The Morgan fingerprint density at radius 3 is 2.45 bits per heavy atom. The van der Waals surface area contributed by atoms with Crippen LogP contribution in [-0.4, -0.2) is 30.6 Å². The van der Waals surface area contributed by atoms with Crippen LogP contribution in [0, 0.1) is 24.2 Å². The summed E-state index contributed by atoms with van der Waals surface area (Å²) in [6.07, 6.45) is 0. The number of carbonyl (C=O) groups is 3. The number of benzene rings is 2. The third-order valence-electron chi connectivity index (χ3n) is 4.83. The molecule has 0 spiro atoms. The number of allylic oxidation sites excluding steroid dienone is 1. The lowest BCUT2D eigenvalue weighted by Crippen LogP contribution is -2.44. The summed E-state index contributed by atoms with van der Waals surface area (Å²) in [6.45, 7) is 1.95. The molecular formula is C23H21N3O4S. The van der Waals surface area contributed by atoms with Crippen molar-refractivity contribution in [1.82, 2.24) is 5.32 Å². The van der Waals surface area contributed by atoms with E-state index in [1.165, 1.54) is 7.11 Å². The molecule has 2 N–H and O–H groups in total. The molecule has 0 saturated heterocycles. The molecular weight excluding hydrogens is 414 g/mol. The summed E-state index contributed by atoms with van der Waals surface area (Å²) in [7, 11) is 1.20. The molecule has 2 aromatic carbocycles. The Hall–Kier alpha value is -3.57. The number of aryl methyl sites for hydroxylation is 1. The maximum atomic E-state index is 12.7. The van der Waals surface area contributed by atoms with Crippen molar-refractivity contribution in [2.45, 2.75) is 12.8 Å². The molecule has 0 aromatic heterocycles. The normalized spacial score (nSPS) is 18.0. The highest BCUT2D eigenvalue weighted by molar-refractivity contribution is 8.03. The summed E-state index contributed by atoms with van der Waals surface area (Å²) in [4.78, 5) is 37.4. The first-order chi connectivity index (χ1) is 14.9. The van der Waals surface area contributed by atoms with Crippen molar-refractivity contribution in [3.63, 3.8) is 0 Å². The van der Waals surface area contributed by atoms with Gasteiger partial charge in [0.1, 0.15) is 5.92 Å². The fraction of sp³-hybridized carbons (Fsp3) is 0.217. The molecule has 158 valence electrons. The minimum atomic E-state index is -1.19. The number of nitrogens with zero attached hydrogens (tertiary/aromatic N) is 1. The van der Waals surface area contributed by atoms with Crippen molar-refractivity contribution in [3.05, 3.63) is 76.3 Å². The molecule has 8 heteroatoms. The van der Waals surface area contributed by atoms with Gasteiger partial charge < -0.3 is 15.4 Å². The maximum absolute atomic E-state index is 12.7. The van der Waals surface area contributed by atoms with Crippen LogP contribution in [0.3, 0.4) is 0 Å². The van der Waals surface area contributed by atoms with Crippen LogP contribution in [0.1, 0.15) is 17.0 Å². The molecule has 0 fully saturated rings. The molecule has 0 saturated carbocycles. The van der Waals surface area contributed by atoms with Gasteiger partial charge in [0, 0.05) is 11.6 Å². The summed E-state index contributed by atoms with van der Waals surface area (Å²) < 4.78 is 4.81. The third kappa shape index (κ3) is 5.13. The van der Waals surface area contributed by atoms with Crippen molar-refractivity contribution in [2.75, 3.05) is 18.2 Å². The van der Waals surface area contributed by atoms with E-state index in [2.05, 4.69) is 16.7 Å². The van der Waals surface area contributed by atoms with E-state index in [4.69, 9.17) is 4.74 Å². The predicted molar refractivity (Wildman–Crippen MR) is 118 cm³/mol. The fourth-order valence-corrected chi connectivity index (χ4v) is 4.16. The lowest BCUT2D eigenvalue weighted by Gasteiger charge is -2.30. The number of hydrogen-bond acceptors (Lipinski definition) is 6. The second-order valence-corrected chi connectivity index (χ2v) is 7.92. The zero-order chi connectivity index (χ0) is 22.4. The number of nitriles is 1. The van der Waals surface area contributed by atoms with Gasteiger partial charge in [0.05, 0.1) is 29.5 Å². The molecule has 7 nitrogen and oxygen atoms in total. The molecule has 0 unspecified atom stereocenters. The number of hydrogen-bond donors (Lipinski definition) is 2. The number of carbonyl (C=O) groups excluding carboxylic acids is 3. The first-order valence-corrected chi connectivity index (χ1v) is 10.5. The van der Waals surface area contributed by atoms with E-state index in [0.717, 1.165) is 17.3 Å². The Bertz CT molecular complexity index is 1060. The van der Waals surface area contributed by atoms with Gasteiger partial charge in [0.25, 0.3) is 0 Å². The van der Waals surface area contributed by atoms with Crippen molar-refractivity contribution in [2.24, 2.45) is 5.92 Å². The maximum Gasteiger partial charge on any atom is 0.319 e. The number of amides is 2. The van der Waals surface area contributed by atoms with Crippen LogP contribution in [0.5, 0.6) is 0 Å². The summed E-state index contributed by atoms with van der Waals surface area (Å²) in [5.41, 5.74) is 2.60. The van der Waals surface area contributed by atoms with Gasteiger partial charge >= 0.3 is 5.97 Å². The van der Waals surface area contributed by atoms with Crippen LogP contribution in [0.4, 0.5) is 5.69 Å². The predicted octanol–water partition coefficient (Wildman–Crippen LogP) is 3.10. The van der Waals surface area contributed by atoms with E-state index in [1.807, 2.05) is 19.1 Å². The van der Waals surface area contributed by atoms with Gasteiger partial charge in [-0.05, 0) is 24.6 Å². The number of ether oxygens (including phenoxy) is 1. The molecule has 0 bridgehead atoms. The second-order valence-electron chi connectivity index (χ2n) is 6.94. The molecule has 1 heterocycles. The van der Waals surface area contributed by atoms with Gasteiger partial charge in [-0.15, -0.1) is 0 Å². The van der Waals surface area contributed by atoms with E-state index < -0.39 is 23.7 Å². The zero-order valence-electron chi connectivity index (χ0n) is 17.0. The number of esters is 1. The molecule has 0 radical (unpaired) electrons. The molecule has 2 atom stereocenters. The minimum absolute atomic E-state index is 0.0148. The quantitative estimate of drug-likeness (QED) is 0.533. The van der Waals surface area contributed by atoms with Crippen LogP contribution in [-0.2, 0) is 19.1 Å². The van der Waals surface area contributed by atoms with Crippen LogP contribution < -0.4 is 10.6 Å². The number of rotatable bonds is 6. The third-order valence-corrected chi connectivity index (χ3v) is 5.84. The summed E-state index contributed by atoms with van der Waals surface area (Å²) in [5.74, 6) is -3.57. The Kier molecular flexibility index (Phi) is 7.11. The van der Waals surface area contributed by atoms with Crippen LogP contribution in [0.15, 0.2) is 65.2 Å². The highest BCUT2D eigenvalue weighted by Crippen LogP contribution is 2.40. The standard InChI is InChI=1S/C23H21N3O4S/c1-14-8-10-16(11-9-14)25-18(27)13-31-22-17(12-24)19(15-6-4-3-5-7-15)20(21(28)26-22)23(29)30-2/h3-11,19-20H,13H2,1-2H3,(H,25,27)(H,26,28)/t19-,20+/m1/s1. The number of thioether (sulfide) groups is 1. The zero-order valence-corrected chi connectivity index (χ0v) is 17.9.